The van der Waals surface area contributed by atoms with Gasteiger partial charge in [-0.25, -0.2) is 4.39 Å². The molecule has 0 radical (unpaired) electrons. The molecular formula is C12H7Cl3F4N4. The van der Waals surface area contributed by atoms with Crippen LogP contribution in [0.25, 0.3) is 0 Å². The van der Waals surface area contributed by atoms with Crippen LogP contribution >= 0.6 is 34.8 Å². The Bertz CT molecular complexity index is 690. The summed E-state index contributed by atoms with van der Waals surface area (Å²) in [5.74, 6) is -0.270. The molecule has 1 atom stereocenters. The van der Waals surface area contributed by atoms with Crippen molar-refractivity contribution in [2.24, 2.45) is 5.73 Å². The second-order valence-electron chi connectivity index (χ2n) is 4.40. The molecule has 4 nitrogen and oxygen atoms in total. The lowest BCUT2D eigenvalue weighted by Gasteiger charge is -2.31. The number of rotatable bonds is 2. The Hall–Kier alpha value is -1.40. The first-order valence-electron chi connectivity index (χ1n) is 5.86. The second kappa shape index (κ2) is 6.24. The predicted octanol–water partition coefficient (Wildman–Crippen LogP) is 4.23. The molecule has 1 aliphatic rings. The molecule has 11 heteroatoms. The number of benzene rings is 1. The van der Waals surface area contributed by atoms with Crippen LogP contribution in [0.4, 0.5) is 23.2 Å². The first-order chi connectivity index (χ1) is 10.6. The minimum atomic E-state index is -4.66. The highest BCUT2D eigenvalue weighted by Gasteiger charge is 2.41. The fourth-order valence-electron chi connectivity index (χ4n) is 2.03. The van der Waals surface area contributed by atoms with E-state index in [0.29, 0.717) is 12.1 Å². The minimum absolute atomic E-state index is 0.170. The van der Waals surface area contributed by atoms with Gasteiger partial charge in [-0.2, -0.15) is 23.4 Å². The third-order valence-electron chi connectivity index (χ3n) is 3.06. The molecule has 1 aliphatic heterocycles. The van der Waals surface area contributed by atoms with E-state index in [1.54, 1.807) is 6.07 Å². The van der Waals surface area contributed by atoms with Crippen LogP contribution in [0.15, 0.2) is 23.5 Å². The van der Waals surface area contributed by atoms with Gasteiger partial charge >= 0.3 is 6.18 Å². The van der Waals surface area contributed by atoms with Gasteiger partial charge in [-0.15, -0.1) is 0 Å². The number of halogens is 7. The van der Waals surface area contributed by atoms with Crippen molar-refractivity contribution in [2.45, 2.75) is 11.7 Å². The quantitative estimate of drug-likeness (QED) is 0.467. The van der Waals surface area contributed by atoms with Crippen LogP contribution in [-0.4, -0.2) is 17.3 Å². The molecule has 0 spiro atoms. The average Bonchev–Trinajstić information content (AvgIpc) is 2.67. The van der Waals surface area contributed by atoms with E-state index in [-0.39, 0.29) is 17.1 Å². The average molecular weight is 390 g/mol. The van der Waals surface area contributed by atoms with Crippen molar-refractivity contribution in [1.82, 2.24) is 5.01 Å². The number of nitrogens with zero attached hydrogens (tertiary/aromatic N) is 3. The third-order valence-corrected chi connectivity index (χ3v) is 4.08. The zero-order valence-electron chi connectivity index (χ0n) is 11.0. The van der Waals surface area contributed by atoms with Crippen LogP contribution in [0.2, 0.25) is 10.0 Å². The van der Waals surface area contributed by atoms with Crippen molar-refractivity contribution in [3.63, 3.8) is 0 Å². The lowest BCUT2D eigenvalue weighted by atomic mass is 10.2. The zero-order chi connectivity index (χ0) is 17.5. The highest BCUT2D eigenvalue weighted by Crippen LogP contribution is 2.44. The van der Waals surface area contributed by atoms with Crippen LogP contribution in [0.3, 0.4) is 0 Å². The highest BCUT2D eigenvalue weighted by atomic mass is 35.5. The van der Waals surface area contributed by atoms with Gasteiger partial charge in [-0.3, -0.25) is 5.01 Å². The van der Waals surface area contributed by atoms with E-state index in [2.05, 4.69) is 0 Å². The molecule has 0 saturated carbocycles. The topological polar surface area (TPSA) is 56.3 Å². The fraction of sp³-hybridized carbons (Fsp3) is 0.250. The largest absolute Gasteiger partial charge is 0.416 e. The molecule has 0 aliphatic carbocycles. The Morgan fingerprint density at radius 2 is 1.78 bits per heavy atom. The molecule has 1 unspecified atom stereocenters. The molecule has 2 N–H and O–H groups in total. The summed E-state index contributed by atoms with van der Waals surface area (Å²) in [5.41, 5.74) is 3.05. The van der Waals surface area contributed by atoms with Gasteiger partial charge in [0.1, 0.15) is 23.0 Å². The maximum Gasteiger partial charge on any atom is 0.416 e. The van der Waals surface area contributed by atoms with E-state index in [1.165, 1.54) is 0 Å². The first kappa shape index (κ1) is 17.9. The Morgan fingerprint density at radius 3 is 2.17 bits per heavy atom. The molecule has 124 valence electrons. The predicted molar refractivity (Wildman–Crippen MR) is 78.2 cm³/mol. The Labute approximate surface area is 143 Å². The van der Waals surface area contributed by atoms with Crippen molar-refractivity contribution >= 4 is 40.5 Å². The summed E-state index contributed by atoms with van der Waals surface area (Å²) in [7, 11) is 0. The SMILES string of the molecule is N#CC1=C(N)N(c2c(Cl)cc(C(F)(F)F)cc2Cl)N(CF)C1Cl. The van der Waals surface area contributed by atoms with E-state index < -0.39 is 34.1 Å². The normalized spacial score (nSPS) is 19.4. The molecule has 1 aromatic carbocycles. The monoisotopic (exact) mass is 388 g/mol. The molecule has 2 rings (SSSR count). The minimum Gasteiger partial charge on any atom is -0.383 e. The Kier molecular flexibility index (Phi) is 4.87. The standard InChI is InChI=1S/C12H7Cl3F4N4/c13-7-1-5(12(17,18)19)2-8(14)9(7)23-11(21)6(3-20)10(15)22(23)4-16/h1-2,10H,4,21H2. The van der Waals surface area contributed by atoms with Gasteiger partial charge in [-0.05, 0) is 12.1 Å². The lowest BCUT2D eigenvalue weighted by Crippen LogP contribution is -2.42. The molecule has 1 aromatic rings. The van der Waals surface area contributed by atoms with Gasteiger partial charge in [0.05, 0.1) is 21.3 Å². The van der Waals surface area contributed by atoms with Crippen molar-refractivity contribution in [1.29, 1.82) is 5.26 Å². The van der Waals surface area contributed by atoms with E-state index in [9.17, 15) is 17.6 Å². The van der Waals surface area contributed by atoms with Crippen molar-refractivity contribution < 1.29 is 17.6 Å². The number of hydrogen-bond acceptors (Lipinski definition) is 4. The Morgan fingerprint density at radius 1 is 1.26 bits per heavy atom. The molecule has 0 saturated heterocycles. The number of nitrogens with two attached hydrogens (primary N) is 1. The van der Waals surface area contributed by atoms with Crippen LogP contribution in [-0.2, 0) is 6.18 Å². The smallest absolute Gasteiger partial charge is 0.383 e. The van der Waals surface area contributed by atoms with Gasteiger partial charge in [0, 0.05) is 0 Å². The number of alkyl halides is 5. The molecule has 0 amide bonds. The molecule has 0 aromatic heterocycles. The molecule has 0 fully saturated rings. The first-order valence-corrected chi connectivity index (χ1v) is 7.05. The Balaban J connectivity index is 2.62. The van der Waals surface area contributed by atoms with E-state index in [4.69, 9.17) is 45.8 Å². The summed E-state index contributed by atoms with van der Waals surface area (Å²) in [4.78, 5) is 0. The summed E-state index contributed by atoms with van der Waals surface area (Å²) < 4.78 is 51.5. The van der Waals surface area contributed by atoms with Crippen LogP contribution in [0.5, 0.6) is 0 Å². The molecular weight excluding hydrogens is 383 g/mol. The highest BCUT2D eigenvalue weighted by molar-refractivity contribution is 6.39. The van der Waals surface area contributed by atoms with E-state index in [0.717, 1.165) is 10.0 Å². The van der Waals surface area contributed by atoms with Crippen LogP contribution in [0, 0.1) is 11.3 Å². The van der Waals surface area contributed by atoms with Gasteiger partial charge < -0.3 is 5.73 Å². The third kappa shape index (κ3) is 3.02. The van der Waals surface area contributed by atoms with Gasteiger partial charge in [0.25, 0.3) is 0 Å². The maximum atomic E-state index is 13.2. The number of hydrogen-bond donors (Lipinski definition) is 1. The molecule has 23 heavy (non-hydrogen) atoms. The van der Waals surface area contributed by atoms with Gasteiger partial charge in [0.2, 0.25) is 0 Å². The van der Waals surface area contributed by atoms with Crippen LogP contribution < -0.4 is 10.7 Å². The van der Waals surface area contributed by atoms with Crippen molar-refractivity contribution in [3.8, 4) is 6.07 Å². The second-order valence-corrected chi connectivity index (χ2v) is 5.63. The number of hydrazine groups is 1. The fourth-order valence-corrected chi connectivity index (χ4v) is 2.98. The van der Waals surface area contributed by atoms with Gasteiger partial charge in [0.15, 0.2) is 6.80 Å². The summed E-state index contributed by atoms with van der Waals surface area (Å²) in [5, 5.41) is 9.86. The summed E-state index contributed by atoms with van der Waals surface area (Å²) in [6, 6.07) is 2.96. The van der Waals surface area contributed by atoms with Crippen LogP contribution in [0.1, 0.15) is 5.56 Å². The lowest BCUT2D eigenvalue weighted by molar-refractivity contribution is -0.137. The summed E-state index contributed by atoms with van der Waals surface area (Å²) in [6.45, 7) is -1.17. The van der Waals surface area contributed by atoms with Crippen molar-refractivity contribution in [2.75, 3.05) is 11.8 Å². The zero-order valence-corrected chi connectivity index (χ0v) is 13.3. The molecule has 1 heterocycles. The summed E-state index contributed by atoms with van der Waals surface area (Å²) in [6.07, 6.45) is -4.66. The van der Waals surface area contributed by atoms with Gasteiger partial charge in [-0.1, -0.05) is 34.8 Å². The summed E-state index contributed by atoms with van der Waals surface area (Å²) >= 11 is 17.6. The van der Waals surface area contributed by atoms with Crippen molar-refractivity contribution in [3.05, 3.63) is 39.1 Å². The number of anilines is 1. The number of nitriles is 1. The van der Waals surface area contributed by atoms with E-state index >= 15 is 0 Å². The van der Waals surface area contributed by atoms with E-state index in [1.807, 2.05) is 0 Å². The maximum absolute atomic E-state index is 13.2. The molecule has 0 bridgehead atoms.